The summed E-state index contributed by atoms with van der Waals surface area (Å²) in [5, 5.41) is 0. The van der Waals surface area contributed by atoms with Crippen molar-refractivity contribution in [2.45, 2.75) is 31.2 Å². The minimum Gasteiger partial charge on any atom is -0.320 e. The fraction of sp³-hybridized carbons (Fsp3) is 0.294. The Kier molecular flexibility index (Phi) is 5.06. The van der Waals surface area contributed by atoms with Gasteiger partial charge in [-0.3, -0.25) is 0 Å². The summed E-state index contributed by atoms with van der Waals surface area (Å²) in [6.07, 6.45) is 1.05. The molecule has 2 N–H and O–H groups in total. The molecule has 2 aromatic carbocycles. The van der Waals surface area contributed by atoms with Crippen molar-refractivity contribution in [3.63, 3.8) is 0 Å². The van der Waals surface area contributed by atoms with Gasteiger partial charge in [-0.25, -0.2) is 0 Å². The third-order valence-corrected chi connectivity index (χ3v) is 4.16. The topological polar surface area (TPSA) is 26.0 Å². The lowest BCUT2D eigenvalue weighted by Gasteiger charge is -2.14. The summed E-state index contributed by atoms with van der Waals surface area (Å²) < 4.78 is 0. The van der Waals surface area contributed by atoms with Crippen LogP contribution in [0, 0.1) is 0 Å². The first kappa shape index (κ1) is 14.2. The molecule has 0 amide bonds. The molecule has 0 heterocycles. The Morgan fingerprint density at radius 3 is 2.37 bits per heavy atom. The normalized spacial score (nSPS) is 12.4. The van der Waals surface area contributed by atoms with Crippen LogP contribution in [0.3, 0.4) is 0 Å². The Morgan fingerprint density at radius 1 is 1.00 bits per heavy atom. The van der Waals surface area contributed by atoms with Crippen LogP contribution in [0.2, 0.25) is 0 Å². The van der Waals surface area contributed by atoms with Crippen molar-refractivity contribution >= 4 is 11.8 Å². The first-order valence-electron chi connectivity index (χ1n) is 6.81. The van der Waals surface area contributed by atoms with Gasteiger partial charge in [0.25, 0.3) is 0 Å². The fourth-order valence-corrected chi connectivity index (χ4v) is 2.80. The van der Waals surface area contributed by atoms with Crippen molar-refractivity contribution in [3.8, 4) is 0 Å². The van der Waals surface area contributed by atoms with E-state index in [0.717, 1.165) is 12.2 Å². The maximum Gasteiger partial charge on any atom is 0.0551 e. The lowest BCUT2D eigenvalue weighted by atomic mass is 9.97. The molecule has 2 aromatic rings. The second-order valence-electron chi connectivity index (χ2n) is 4.58. The van der Waals surface area contributed by atoms with E-state index in [0.29, 0.717) is 0 Å². The molecule has 1 nitrogen and oxygen atoms in total. The Bertz CT molecular complexity index is 519. The van der Waals surface area contributed by atoms with Gasteiger partial charge in [-0.2, -0.15) is 0 Å². The van der Waals surface area contributed by atoms with Gasteiger partial charge in [-0.15, -0.1) is 11.8 Å². The maximum absolute atomic E-state index is 6.36. The summed E-state index contributed by atoms with van der Waals surface area (Å²) in [7, 11) is 0. The molecular formula is C17H21NS. The zero-order valence-electron chi connectivity index (χ0n) is 11.6. The van der Waals surface area contributed by atoms with Gasteiger partial charge in [0, 0.05) is 4.90 Å². The van der Waals surface area contributed by atoms with Crippen LogP contribution >= 0.6 is 11.8 Å². The summed E-state index contributed by atoms with van der Waals surface area (Å²) in [6, 6.07) is 17.1. The molecule has 0 spiro atoms. The predicted molar refractivity (Wildman–Crippen MR) is 84.7 cm³/mol. The average Bonchev–Trinajstić information content (AvgIpc) is 2.48. The van der Waals surface area contributed by atoms with Crippen LogP contribution < -0.4 is 5.73 Å². The highest BCUT2D eigenvalue weighted by Gasteiger charge is 2.09. The van der Waals surface area contributed by atoms with Gasteiger partial charge >= 0.3 is 0 Å². The van der Waals surface area contributed by atoms with Crippen LogP contribution in [0.15, 0.2) is 53.4 Å². The number of hydrogen-bond acceptors (Lipinski definition) is 2. The van der Waals surface area contributed by atoms with E-state index in [1.165, 1.54) is 21.6 Å². The van der Waals surface area contributed by atoms with Gasteiger partial charge in [0.2, 0.25) is 0 Å². The number of rotatable bonds is 5. The summed E-state index contributed by atoms with van der Waals surface area (Å²) in [5.41, 5.74) is 10.1. The second-order valence-corrected chi connectivity index (χ2v) is 5.92. The number of aryl methyl sites for hydroxylation is 1. The molecular weight excluding hydrogens is 250 g/mol. The van der Waals surface area contributed by atoms with Crippen molar-refractivity contribution in [1.82, 2.24) is 0 Å². The van der Waals surface area contributed by atoms with Crippen LogP contribution in [0.4, 0.5) is 0 Å². The highest BCUT2D eigenvalue weighted by Crippen LogP contribution is 2.24. The van der Waals surface area contributed by atoms with E-state index < -0.39 is 0 Å². The highest BCUT2D eigenvalue weighted by molar-refractivity contribution is 7.99. The standard InChI is InChI=1S/C17H21NS/c1-3-13-6-5-7-15(12-13)17(18)14-8-10-16(11-9-14)19-4-2/h5-12,17H,3-4,18H2,1-2H3. The molecule has 0 aliphatic heterocycles. The lowest BCUT2D eigenvalue weighted by molar-refractivity contribution is 0.865. The average molecular weight is 271 g/mol. The second kappa shape index (κ2) is 6.78. The summed E-state index contributed by atoms with van der Waals surface area (Å²) in [6.45, 7) is 4.34. The first-order valence-corrected chi connectivity index (χ1v) is 7.80. The quantitative estimate of drug-likeness (QED) is 0.815. The van der Waals surface area contributed by atoms with Crippen LogP contribution in [-0.4, -0.2) is 5.75 Å². The minimum absolute atomic E-state index is 0.0350. The number of hydrogen-bond donors (Lipinski definition) is 1. The number of nitrogens with two attached hydrogens (primary N) is 1. The largest absolute Gasteiger partial charge is 0.320 e. The SMILES string of the molecule is CCSc1ccc(C(N)c2cccc(CC)c2)cc1. The van der Waals surface area contributed by atoms with E-state index in [1.807, 2.05) is 11.8 Å². The lowest BCUT2D eigenvalue weighted by Crippen LogP contribution is -2.11. The van der Waals surface area contributed by atoms with Crippen LogP contribution in [0.25, 0.3) is 0 Å². The van der Waals surface area contributed by atoms with Crippen molar-refractivity contribution in [3.05, 3.63) is 65.2 Å². The van der Waals surface area contributed by atoms with E-state index in [2.05, 4.69) is 62.4 Å². The highest BCUT2D eigenvalue weighted by atomic mass is 32.2. The molecule has 0 saturated heterocycles. The predicted octanol–water partition coefficient (Wildman–Crippen LogP) is 4.41. The van der Waals surface area contributed by atoms with Crippen LogP contribution in [-0.2, 0) is 6.42 Å². The molecule has 0 aromatic heterocycles. The Morgan fingerprint density at radius 2 is 1.74 bits per heavy atom. The zero-order valence-corrected chi connectivity index (χ0v) is 12.4. The van der Waals surface area contributed by atoms with Gasteiger partial charge in [-0.1, -0.05) is 50.2 Å². The van der Waals surface area contributed by atoms with Gasteiger partial charge < -0.3 is 5.73 Å². The summed E-state index contributed by atoms with van der Waals surface area (Å²) >= 11 is 1.86. The Hall–Kier alpha value is -1.25. The molecule has 0 bridgehead atoms. The molecule has 0 radical (unpaired) electrons. The number of thioether (sulfide) groups is 1. The molecule has 0 aliphatic carbocycles. The minimum atomic E-state index is -0.0350. The molecule has 19 heavy (non-hydrogen) atoms. The van der Waals surface area contributed by atoms with Crippen molar-refractivity contribution in [1.29, 1.82) is 0 Å². The van der Waals surface area contributed by atoms with E-state index in [-0.39, 0.29) is 6.04 Å². The Labute approximate surface area is 120 Å². The van der Waals surface area contributed by atoms with Gasteiger partial charge in [-0.05, 0) is 41.0 Å². The summed E-state index contributed by atoms with van der Waals surface area (Å²) in [5.74, 6) is 1.10. The number of benzene rings is 2. The third-order valence-electron chi connectivity index (χ3n) is 3.27. The van der Waals surface area contributed by atoms with Crippen LogP contribution in [0.1, 0.15) is 36.6 Å². The summed E-state index contributed by atoms with van der Waals surface area (Å²) in [4.78, 5) is 1.31. The molecule has 2 rings (SSSR count). The maximum atomic E-state index is 6.36. The van der Waals surface area contributed by atoms with E-state index in [9.17, 15) is 0 Å². The smallest absolute Gasteiger partial charge is 0.0551 e. The molecule has 0 aliphatic rings. The monoisotopic (exact) mass is 271 g/mol. The molecule has 100 valence electrons. The van der Waals surface area contributed by atoms with E-state index in [1.54, 1.807) is 0 Å². The van der Waals surface area contributed by atoms with Gasteiger partial charge in [0.05, 0.1) is 6.04 Å². The van der Waals surface area contributed by atoms with Gasteiger partial charge in [0.15, 0.2) is 0 Å². The molecule has 1 unspecified atom stereocenters. The van der Waals surface area contributed by atoms with Crippen LogP contribution in [0.5, 0.6) is 0 Å². The van der Waals surface area contributed by atoms with E-state index in [4.69, 9.17) is 5.73 Å². The third kappa shape index (κ3) is 3.62. The fourth-order valence-electron chi connectivity index (χ4n) is 2.14. The Balaban J connectivity index is 2.20. The van der Waals surface area contributed by atoms with Crippen molar-refractivity contribution < 1.29 is 0 Å². The molecule has 0 saturated carbocycles. The first-order chi connectivity index (χ1) is 9.24. The van der Waals surface area contributed by atoms with Crippen molar-refractivity contribution in [2.75, 3.05) is 5.75 Å². The molecule has 2 heteroatoms. The molecule has 1 atom stereocenters. The van der Waals surface area contributed by atoms with Gasteiger partial charge in [0.1, 0.15) is 0 Å². The van der Waals surface area contributed by atoms with Crippen molar-refractivity contribution in [2.24, 2.45) is 5.73 Å². The zero-order chi connectivity index (χ0) is 13.7. The van der Waals surface area contributed by atoms with E-state index >= 15 is 0 Å². The molecule has 0 fully saturated rings.